The molecule has 0 radical (unpaired) electrons. The Morgan fingerprint density at radius 1 is 1.12 bits per heavy atom. The van der Waals surface area contributed by atoms with E-state index < -0.39 is 12.1 Å². The number of hydrogen-bond donors (Lipinski definition) is 3. The normalized spacial score (nSPS) is 19.7. The van der Waals surface area contributed by atoms with Gasteiger partial charge < -0.3 is 15.7 Å². The number of anilines is 1. The Bertz CT molecular complexity index is 1140. The quantitative estimate of drug-likeness (QED) is 0.518. The van der Waals surface area contributed by atoms with Gasteiger partial charge in [-0.25, -0.2) is 4.68 Å². The first-order valence-electron chi connectivity index (χ1n) is 11.4. The van der Waals surface area contributed by atoms with E-state index >= 15 is 0 Å². The van der Waals surface area contributed by atoms with E-state index in [1.807, 2.05) is 54.6 Å². The Balaban J connectivity index is 1.32. The average molecular weight is 447 g/mol. The third kappa shape index (κ3) is 5.56. The van der Waals surface area contributed by atoms with E-state index in [0.29, 0.717) is 17.4 Å². The van der Waals surface area contributed by atoms with Gasteiger partial charge in [0, 0.05) is 23.8 Å². The van der Waals surface area contributed by atoms with Gasteiger partial charge in [-0.3, -0.25) is 9.59 Å². The molecule has 2 heterocycles. The van der Waals surface area contributed by atoms with Crippen molar-refractivity contribution in [1.82, 2.24) is 15.1 Å². The first-order chi connectivity index (χ1) is 15.9. The van der Waals surface area contributed by atoms with E-state index in [-0.39, 0.29) is 17.5 Å². The molecule has 2 aromatic carbocycles. The van der Waals surface area contributed by atoms with Crippen LogP contribution in [0.1, 0.15) is 48.7 Å². The first kappa shape index (κ1) is 22.9. The molecule has 3 N–H and O–H groups in total. The second-order valence-corrected chi connectivity index (χ2v) is 8.73. The van der Waals surface area contributed by atoms with Crippen molar-refractivity contribution in [2.24, 2.45) is 0 Å². The van der Waals surface area contributed by atoms with Gasteiger partial charge in [0.1, 0.15) is 6.04 Å². The molecule has 0 spiro atoms. The van der Waals surface area contributed by atoms with Crippen LogP contribution in [0.2, 0.25) is 0 Å². The van der Waals surface area contributed by atoms with Crippen LogP contribution >= 0.6 is 0 Å². The highest BCUT2D eigenvalue weighted by Crippen LogP contribution is 2.27. The Hall–Kier alpha value is -3.29. The molecule has 33 heavy (non-hydrogen) atoms. The zero-order chi connectivity index (χ0) is 23.4. The summed E-state index contributed by atoms with van der Waals surface area (Å²) >= 11 is 0. The lowest BCUT2D eigenvalue weighted by molar-refractivity contribution is -0.119. The molecule has 4 rings (SSSR count). The fraction of sp³-hybridized carbons (Fsp3) is 0.346. The lowest BCUT2D eigenvalue weighted by Crippen LogP contribution is -2.35. The minimum absolute atomic E-state index is 0.0519. The zero-order valence-electron chi connectivity index (χ0n) is 18.9. The lowest BCUT2D eigenvalue weighted by atomic mass is 10.0. The van der Waals surface area contributed by atoms with Crippen molar-refractivity contribution in [3.63, 3.8) is 0 Å². The summed E-state index contributed by atoms with van der Waals surface area (Å²) in [7, 11) is 0. The fourth-order valence-corrected chi connectivity index (χ4v) is 4.31. The number of nitrogens with one attached hydrogen (secondary N) is 2. The largest absolute Gasteiger partial charge is 0.387 e. The number of nitrogens with zero attached hydrogens (tertiary/aromatic N) is 2. The standard InChI is InChI=1S/C26H30N4O3/c1-17-8-15-24(31)30(29-17)18(2)26(33)28-21-11-9-19(10-12-21)16-22-13-14-23(27-22)25(32)20-6-4-3-5-7-20/h3-12,15,18,22-23,25,27,32H,13-14,16H2,1-2H3,(H,28,33)/t18?,22-,23+,25+/m0/s1. The van der Waals surface area contributed by atoms with E-state index in [0.717, 1.165) is 30.4 Å². The molecule has 3 aromatic rings. The molecule has 1 aliphatic heterocycles. The predicted molar refractivity (Wildman–Crippen MR) is 128 cm³/mol. The van der Waals surface area contributed by atoms with Gasteiger partial charge in [-0.2, -0.15) is 5.10 Å². The van der Waals surface area contributed by atoms with Gasteiger partial charge in [0.05, 0.1) is 11.8 Å². The maximum atomic E-state index is 12.6. The van der Waals surface area contributed by atoms with Crippen molar-refractivity contribution in [2.75, 3.05) is 5.32 Å². The van der Waals surface area contributed by atoms with E-state index in [9.17, 15) is 14.7 Å². The van der Waals surface area contributed by atoms with Crippen molar-refractivity contribution in [3.8, 4) is 0 Å². The highest BCUT2D eigenvalue weighted by molar-refractivity contribution is 5.93. The lowest BCUT2D eigenvalue weighted by Gasteiger charge is -2.20. The Morgan fingerprint density at radius 2 is 1.85 bits per heavy atom. The minimum Gasteiger partial charge on any atom is -0.387 e. The highest BCUT2D eigenvalue weighted by atomic mass is 16.3. The van der Waals surface area contributed by atoms with Crippen LogP contribution in [0.15, 0.2) is 71.5 Å². The van der Waals surface area contributed by atoms with E-state index in [2.05, 4.69) is 15.7 Å². The van der Waals surface area contributed by atoms with Crippen LogP contribution in [0.25, 0.3) is 0 Å². The number of amides is 1. The smallest absolute Gasteiger partial charge is 0.267 e. The number of aliphatic hydroxyl groups excluding tert-OH is 1. The van der Waals surface area contributed by atoms with Crippen LogP contribution < -0.4 is 16.2 Å². The van der Waals surface area contributed by atoms with Crippen LogP contribution in [-0.4, -0.2) is 32.9 Å². The third-order valence-corrected chi connectivity index (χ3v) is 6.21. The van der Waals surface area contributed by atoms with Gasteiger partial charge in [0.25, 0.3) is 5.56 Å². The molecule has 7 nitrogen and oxygen atoms in total. The highest BCUT2D eigenvalue weighted by Gasteiger charge is 2.29. The van der Waals surface area contributed by atoms with Crippen LogP contribution in [0.4, 0.5) is 5.69 Å². The van der Waals surface area contributed by atoms with Crippen molar-refractivity contribution >= 4 is 11.6 Å². The summed E-state index contributed by atoms with van der Waals surface area (Å²) in [5.74, 6) is -0.293. The number of carbonyl (C=O) groups excluding carboxylic acids is 1. The number of hydrogen-bond acceptors (Lipinski definition) is 5. The number of aromatic nitrogens is 2. The van der Waals surface area contributed by atoms with Crippen LogP contribution in [-0.2, 0) is 11.2 Å². The number of aliphatic hydroxyl groups is 1. The summed E-state index contributed by atoms with van der Waals surface area (Å²) in [6, 6.07) is 20.2. The molecular weight excluding hydrogens is 416 g/mol. The van der Waals surface area contributed by atoms with Crippen LogP contribution in [0.3, 0.4) is 0 Å². The minimum atomic E-state index is -0.715. The second-order valence-electron chi connectivity index (χ2n) is 8.73. The van der Waals surface area contributed by atoms with Crippen molar-refractivity contribution in [3.05, 3.63) is 93.9 Å². The van der Waals surface area contributed by atoms with E-state index in [1.54, 1.807) is 19.9 Å². The van der Waals surface area contributed by atoms with Gasteiger partial charge in [0.15, 0.2) is 0 Å². The zero-order valence-corrected chi connectivity index (χ0v) is 18.9. The molecule has 1 fully saturated rings. The Kier molecular flexibility index (Phi) is 7.01. The molecule has 7 heteroatoms. The summed E-state index contributed by atoms with van der Waals surface area (Å²) in [4.78, 5) is 24.6. The molecule has 1 aromatic heterocycles. The summed E-state index contributed by atoms with van der Waals surface area (Å²) in [6.45, 7) is 3.44. The molecule has 1 unspecified atom stereocenters. The summed E-state index contributed by atoms with van der Waals surface area (Å²) in [6.07, 6.45) is 2.28. The van der Waals surface area contributed by atoms with Gasteiger partial charge in [-0.05, 0) is 62.4 Å². The molecule has 1 aliphatic rings. The monoisotopic (exact) mass is 446 g/mol. The summed E-state index contributed by atoms with van der Waals surface area (Å²) in [5, 5.41) is 21.2. The van der Waals surface area contributed by atoms with Crippen LogP contribution in [0, 0.1) is 6.92 Å². The summed E-state index contributed by atoms with van der Waals surface area (Å²) < 4.78 is 1.20. The SMILES string of the molecule is Cc1ccc(=O)n(C(C)C(=O)Nc2ccc(C[C@@H]3CC[C@H]([C@H](O)c4ccccc4)N3)cc2)n1. The molecule has 1 amide bonds. The number of rotatable bonds is 7. The van der Waals surface area contributed by atoms with Crippen molar-refractivity contribution in [1.29, 1.82) is 0 Å². The Labute approximate surface area is 193 Å². The van der Waals surface area contributed by atoms with Gasteiger partial charge in [-0.15, -0.1) is 0 Å². The molecule has 0 saturated carbocycles. The number of benzene rings is 2. The predicted octanol–water partition coefficient (Wildman–Crippen LogP) is 3.15. The van der Waals surface area contributed by atoms with Crippen molar-refractivity contribution < 1.29 is 9.90 Å². The van der Waals surface area contributed by atoms with Gasteiger partial charge >= 0.3 is 0 Å². The molecule has 1 saturated heterocycles. The van der Waals surface area contributed by atoms with E-state index in [1.165, 1.54) is 10.7 Å². The topological polar surface area (TPSA) is 96.2 Å². The van der Waals surface area contributed by atoms with Gasteiger partial charge in [-0.1, -0.05) is 42.5 Å². The number of aryl methyl sites for hydroxylation is 1. The van der Waals surface area contributed by atoms with Crippen molar-refractivity contribution in [2.45, 2.75) is 57.3 Å². The first-order valence-corrected chi connectivity index (χ1v) is 11.4. The second kappa shape index (κ2) is 10.1. The van der Waals surface area contributed by atoms with Crippen LogP contribution in [0.5, 0.6) is 0 Å². The summed E-state index contributed by atoms with van der Waals surface area (Å²) in [5.41, 5.74) is 3.14. The molecule has 0 bridgehead atoms. The molecule has 0 aliphatic carbocycles. The average Bonchev–Trinajstić information content (AvgIpc) is 3.30. The molecule has 172 valence electrons. The fourth-order valence-electron chi connectivity index (χ4n) is 4.31. The maximum Gasteiger partial charge on any atom is 0.267 e. The Morgan fingerprint density at radius 3 is 2.58 bits per heavy atom. The molecular formula is C26H30N4O3. The third-order valence-electron chi connectivity index (χ3n) is 6.21. The number of carbonyl (C=O) groups is 1. The maximum absolute atomic E-state index is 12.6. The van der Waals surface area contributed by atoms with E-state index in [4.69, 9.17) is 0 Å². The molecule has 4 atom stereocenters. The van der Waals surface area contributed by atoms with Gasteiger partial charge in [0.2, 0.25) is 5.91 Å².